The van der Waals surface area contributed by atoms with E-state index in [1.807, 2.05) is 26.0 Å². The van der Waals surface area contributed by atoms with Crippen molar-refractivity contribution in [3.63, 3.8) is 0 Å². The molecule has 1 heterocycles. The lowest BCUT2D eigenvalue weighted by Crippen LogP contribution is -2.47. The Morgan fingerprint density at radius 2 is 1.94 bits per heavy atom. The van der Waals surface area contributed by atoms with Gasteiger partial charge in [-0.3, -0.25) is 0 Å². The predicted octanol–water partition coefficient (Wildman–Crippen LogP) is 1.95. The molecule has 0 aliphatic carbocycles. The van der Waals surface area contributed by atoms with Gasteiger partial charge < -0.3 is 9.47 Å². The number of carbonyl (C=O) groups excluding carboxylic acids is 2. The van der Waals surface area contributed by atoms with Crippen LogP contribution in [-0.4, -0.2) is 24.6 Å². The summed E-state index contributed by atoms with van der Waals surface area (Å²) >= 11 is 0. The van der Waals surface area contributed by atoms with E-state index < -0.39 is 17.5 Å². The Morgan fingerprint density at radius 1 is 1.33 bits per heavy atom. The first kappa shape index (κ1) is 12.6. The van der Waals surface area contributed by atoms with Crippen molar-refractivity contribution in [1.29, 1.82) is 0 Å². The van der Waals surface area contributed by atoms with Gasteiger partial charge in [0.15, 0.2) is 0 Å². The van der Waals surface area contributed by atoms with Gasteiger partial charge in [-0.05, 0) is 37.5 Å². The first-order valence-corrected chi connectivity index (χ1v) is 5.80. The fourth-order valence-electron chi connectivity index (χ4n) is 2.34. The number of ether oxygens (including phenoxy) is 2. The molecule has 0 spiro atoms. The van der Waals surface area contributed by atoms with Gasteiger partial charge in [0.05, 0.1) is 12.7 Å². The zero-order valence-corrected chi connectivity index (χ0v) is 11.0. The van der Waals surface area contributed by atoms with Crippen LogP contribution in [0.4, 0.5) is 0 Å². The molecule has 0 fully saturated rings. The van der Waals surface area contributed by atoms with Crippen molar-refractivity contribution in [2.75, 3.05) is 7.11 Å². The Morgan fingerprint density at radius 3 is 2.56 bits per heavy atom. The topological polar surface area (TPSA) is 52.6 Å². The van der Waals surface area contributed by atoms with Gasteiger partial charge in [0, 0.05) is 6.42 Å². The van der Waals surface area contributed by atoms with Crippen molar-refractivity contribution >= 4 is 11.9 Å². The number of hydrogen-bond acceptors (Lipinski definition) is 4. The highest BCUT2D eigenvalue weighted by atomic mass is 16.6. The Labute approximate surface area is 106 Å². The van der Waals surface area contributed by atoms with Crippen molar-refractivity contribution in [2.45, 2.75) is 32.8 Å². The lowest BCUT2D eigenvalue weighted by molar-refractivity contribution is -0.161. The van der Waals surface area contributed by atoms with E-state index in [9.17, 15) is 9.59 Å². The van der Waals surface area contributed by atoms with E-state index in [-0.39, 0.29) is 0 Å². The Balaban J connectivity index is 2.55. The fraction of sp³-hybridized carbons (Fsp3) is 0.429. The first-order valence-electron chi connectivity index (χ1n) is 5.80. The summed E-state index contributed by atoms with van der Waals surface area (Å²) in [6.07, 6.45) is 0.355. The largest absolute Gasteiger partial charge is 0.466 e. The molecule has 1 aliphatic heterocycles. The average molecular weight is 248 g/mol. The zero-order valence-electron chi connectivity index (χ0n) is 11.0. The average Bonchev–Trinajstić information content (AvgIpc) is 2.32. The van der Waals surface area contributed by atoms with Gasteiger partial charge in [-0.15, -0.1) is 0 Å². The number of methoxy groups -OCH3 is 1. The van der Waals surface area contributed by atoms with E-state index in [0.29, 0.717) is 12.0 Å². The third-order valence-electron chi connectivity index (χ3n) is 3.41. The van der Waals surface area contributed by atoms with Gasteiger partial charge in [0.2, 0.25) is 5.60 Å². The van der Waals surface area contributed by atoms with Crippen molar-refractivity contribution in [2.24, 2.45) is 0 Å². The summed E-state index contributed by atoms with van der Waals surface area (Å²) in [5.41, 5.74) is 2.09. The minimum absolute atomic E-state index is 0.355. The quantitative estimate of drug-likeness (QED) is 0.713. The predicted molar refractivity (Wildman–Crippen MR) is 65.5 cm³/mol. The van der Waals surface area contributed by atoms with Crippen LogP contribution >= 0.6 is 0 Å². The molecule has 1 atom stereocenters. The molecular weight excluding hydrogens is 232 g/mol. The van der Waals surface area contributed by atoms with Crippen LogP contribution in [0.2, 0.25) is 0 Å². The van der Waals surface area contributed by atoms with Gasteiger partial charge in [-0.2, -0.15) is 0 Å². The molecule has 0 radical (unpaired) electrons. The van der Waals surface area contributed by atoms with Crippen LogP contribution in [0, 0.1) is 13.8 Å². The van der Waals surface area contributed by atoms with E-state index in [2.05, 4.69) is 0 Å². The van der Waals surface area contributed by atoms with Crippen LogP contribution in [0.15, 0.2) is 12.1 Å². The molecule has 0 saturated carbocycles. The molecule has 0 aromatic heterocycles. The molecule has 1 aromatic carbocycles. The maximum Gasteiger partial charge on any atom is 0.350 e. The van der Waals surface area contributed by atoms with Crippen molar-refractivity contribution in [3.05, 3.63) is 34.4 Å². The number of rotatable bonds is 1. The second-order valence-electron chi connectivity index (χ2n) is 4.84. The van der Waals surface area contributed by atoms with Gasteiger partial charge in [-0.25, -0.2) is 9.59 Å². The number of benzene rings is 1. The summed E-state index contributed by atoms with van der Waals surface area (Å²) in [5.74, 6) is -0.979. The third kappa shape index (κ3) is 1.78. The standard InChI is InChI=1S/C14H16O4/c1-8-5-6-9(2)11-10(8)7-14(3,13(16)17-4)18-12(11)15/h5-6H,7H2,1-4H3. The van der Waals surface area contributed by atoms with Gasteiger partial charge in [0.1, 0.15) is 0 Å². The number of hydrogen-bond donors (Lipinski definition) is 0. The second kappa shape index (κ2) is 4.12. The molecule has 0 amide bonds. The highest BCUT2D eigenvalue weighted by molar-refractivity contribution is 5.97. The summed E-state index contributed by atoms with van der Waals surface area (Å²) in [7, 11) is 1.29. The number of fused-ring (bicyclic) bond motifs is 1. The third-order valence-corrected chi connectivity index (χ3v) is 3.41. The minimum Gasteiger partial charge on any atom is -0.466 e. The van der Waals surface area contributed by atoms with E-state index in [1.165, 1.54) is 7.11 Å². The number of aryl methyl sites for hydroxylation is 2. The Kier molecular flexibility index (Phi) is 2.89. The molecule has 1 aliphatic rings. The molecule has 0 N–H and O–H groups in total. The van der Waals surface area contributed by atoms with E-state index in [4.69, 9.17) is 9.47 Å². The lowest BCUT2D eigenvalue weighted by atomic mass is 9.85. The number of cyclic esters (lactones) is 1. The molecule has 0 bridgehead atoms. The lowest BCUT2D eigenvalue weighted by Gasteiger charge is -2.33. The number of carbonyl (C=O) groups is 2. The summed E-state index contributed by atoms with van der Waals surface area (Å²) < 4.78 is 9.99. The normalized spacial score (nSPS) is 22.1. The molecule has 1 aromatic rings. The zero-order chi connectivity index (χ0) is 13.5. The fourth-order valence-corrected chi connectivity index (χ4v) is 2.34. The molecule has 4 heteroatoms. The minimum atomic E-state index is -1.22. The van der Waals surface area contributed by atoms with Crippen molar-refractivity contribution in [1.82, 2.24) is 0 Å². The number of esters is 2. The van der Waals surface area contributed by atoms with Crippen LogP contribution in [0.5, 0.6) is 0 Å². The maximum absolute atomic E-state index is 12.1. The van der Waals surface area contributed by atoms with Crippen molar-refractivity contribution < 1.29 is 19.1 Å². The highest BCUT2D eigenvalue weighted by Crippen LogP contribution is 2.32. The Bertz CT molecular complexity index is 533. The van der Waals surface area contributed by atoms with Crippen LogP contribution < -0.4 is 0 Å². The van der Waals surface area contributed by atoms with E-state index >= 15 is 0 Å². The van der Waals surface area contributed by atoms with Crippen LogP contribution in [0.25, 0.3) is 0 Å². The summed E-state index contributed by atoms with van der Waals surface area (Å²) in [6, 6.07) is 3.83. The highest BCUT2D eigenvalue weighted by Gasteiger charge is 2.44. The Hall–Kier alpha value is -1.84. The molecule has 4 nitrogen and oxygen atoms in total. The molecule has 96 valence electrons. The van der Waals surface area contributed by atoms with Gasteiger partial charge in [0.25, 0.3) is 0 Å². The molecular formula is C14H16O4. The second-order valence-corrected chi connectivity index (χ2v) is 4.84. The van der Waals surface area contributed by atoms with Gasteiger partial charge in [-0.1, -0.05) is 12.1 Å². The summed E-state index contributed by atoms with van der Waals surface area (Å²) in [6.45, 7) is 5.37. The van der Waals surface area contributed by atoms with E-state index in [1.54, 1.807) is 6.92 Å². The SMILES string of the molecule is COC(=O)C1(C)Cc2c(C)ccc(C)c2C(=O)O1. The summed E-state index contributed by atoms with van der Waals surface area (Å²) in [4.78, 5) is 23.8. The molecule has 0 saturated heterocycles. The maximum atomic E-state index is 12.1. The molecule has 18 heavy (non-hydrogen) atoms. The van der Waals surface area contributed by atoms with Crippen LogP contribution in [-0.2, 0) is 20.7 Å². The van der Waals surface area contributed by atoms with Crippen molar-refractivity contribution in [3.8, 4) is 0 Å². The smallest absolute Gasteiger partial charge is 0.350 e. The first-order chi connectivity index (χ1) is 8.39. The molecule has 1 unspecified atom stereocenters. The van der Waals surface area contributed by atoms with Crippen LogP contribution in [0.1, 0.15) is 34.0 Å². The molecule has 2 rings (SSSR count). The summed E-state index contributed by atoms with van der Waals surface area (Å²) in [5, 5.41) is 0. The van der Waals surface area contributed by atoms with Crippen LogP contribution in [0.3, 0.4) is 0 Å². The van der Waals surface area contributed by atoms with E-state index in [0.717, 1.165) is 16.7 Å². The monoisotopic (exact) mass is 248 g/mol. The van der Waals surface area contributed by atoms with Gasteiger partial charge >= 0.3 is 11.9 Å².